The minimum Gasteiger partial charge on any atom is -0.352 e. The van der Waals surface area contributed by atoms with E-state index in [2.05, 4.69) is 39.8 Å². The molecule has 1 atom stereocenters. The van der Waals surface area contributed by atoms with Gasteiger partial charge in [-0.25, -0.2) is 0 Å². The first-order chi connectivity index (χ1) is 15.6. The fraction of sp³-hybridized carbons (Fsp3) is 0.280. The minimum atomic E-state index is -0.236. The van der Waals surface area contributed by atoms with Gasteiger partial charge in [-0.2, -0.15) is 0 Å². The number of carbonyl (C=O) groups excluding carboxylic acids is 2. The molecule has 2 N–H and O–H groups in total. The monoisotopic (exact) mass is 467 g/mol. The van der Waals surface area contributed by atoms with Crippen molar-refractivity contribution in [2.45, 2.75) is 19.4 Å². The number of hydrogen-bond acceptors (Lipinski definition) is 4. The zero-order valence-electron chi connectivity index (χ0n) is 17.7. The average molecular weight is 468 g/mol. The molecule has 4 rings (SSSR count). The van der Waals surface area contributed by atoms with Gasteiger partial charge in [0, 0.05) is 25.2 Å². The number of nitrogens with zero attached hydrogens (tertiary/aromatic N) is 1. The van der Waals surface area contributed by atoms with Gasteiger partial charge in [0.15, 0.2) is 0 Å². The number of carbonyl (C=O) groups is 2. The Morgan fingerprint density at radius 3 is 2.69 bits per heavy atom. The van der Waals surface area contributed by atoms with Gasteiger partial charge in [-0.1, -0.05) is 48.0 Å². The van der Waals surface area contributed by atoms with E-state index in [0.717, 1.165) is 32.5 Å². The molecule has 32 heavy (non-hydrogen) atoms. The van der Waals surface area contributed by atoms with Gasteiger partial charge < -0.3 is 10.6 Å². The number of rotatable bonds is 7. The molecule has 5 nitrogen and oxygen atoms in total. The fourth-order valence-corrected chi connectivity index (χ4v) is 4.78. The lowest BCUT2D eigenvalue weighted by Crippen LogP contribution is -2.40. The van der Waals surface area contributed by atoms with Crippen molar-refractivity contribution in [1.29, 1.82) is 0 Å². The molecule has 0 radical (unpaired) electrons. The van der Waals surface area contributed by atoms with Crippen LogP contribution >= 0.6 is 22.9 Å². The van der Waals surface area contributed by atoms with Crippen LogP contribution in [0.3, 0.4) is 0 Å². The second-order valence-electron chi connectivity index (χ2n) is 8.07. The summed E-state index contributed by atoms with van der Waals surface area (Å²) >= 11 is 7.59. The summed E-state index contributed by atoms with van der Waals surface area (Å²) in [6.07, 6.45) is 2.24. The van der Waals surface area contributed by atoms with Crippen molar-refractivity contribution in [3.63, 3.8) is 0 Å². The Hall–Kier alpha value is -2.67. The smallest absolute Gasteiger partial charge is 0.265 e. The van der Waals surface area contributed by atoms with E-state index in [4.69, 9.17) is 11.6 Å². The maximum atomic E-state index is 12.8. The maximum Gasteiger partial charge on any atom is 0.265 e. The number of piperidine rings is 1. The zero-order chi connectivity index (χ0) is 22.3. The first-order valence-electron chi connectivity index (χ1n) is 10.8. The van der Waals surface area contributed by atoms with E-state index < -0.39 is 0 Å². The standard InChI is InChI=1S/C25H26ClN3O2S/c26-21-11-10-20(14-22(21)28-25(31)23-9-5-13-32-23)24(30)27-15-19-8-4-12-29(17-19)16-18-6-2-1-3-7-18/h1-3,5-7,9-11,13-14,19H,4,8,12,15-17H2,(H,27,30)(H,28,31). The summed E-state index contributed by atoms with van der Waals surface area (Å²) in [4.78, 5) is 28.1. The van der Waals surface area contributed by atoms with Gasteiger partial charge in [0.25, 0.3) is 11.8 Å². The van der Waals surface area contributed by atoms with Crippen molar-refractivity contribution in [2.75, 3.05) is 25.0 Å². The van der Waals surface area contributed by atoms with Gasteiger partial charge in [0.1, 0.15) is 0 Å². The highest BCUT2D eigenvalue weighted by Gasteiger charge is 2.21. The number of likely N-dealkylation sites (tertiary alicyclic amines) is 1. The molecule has 0 aliphatic carbocycles. The largest absolute Gasteiger partial charge is 0.352 e. The molecule has 1 aromatic heterocycles. The molecule has 1 aliphatic rings. The normalized spacial score (nSPS) is 16.5. The lowest BCUT2D eigenvalue weighted by Gasteiger charge is -2.32. The molecule has 166 valence electrons. The second-order valence-corrected chi connectivity index (χ2v) is 9.42. The third-order valence-electron chi connectivity index (χ3n) is 5.63. The number of amides is 2. The Morgan fingerprint density at radius 1 is 1.06 bits per heavy atom. The predicted octanol–water partition coefficient (Wildman–Crippen LogP) is 5.30. The van der Waals surface area contributed by atoms with E-state index in [1.54, 1.807) is 24.3 Å². The van der Waals surface area contributed by atoms with Gasteiger partial charge in [0.05, 0.1) is 15.6 Å². The second kappa shape index (κ2) is 10.8. The summed E-state index contributed by atoms with van der Waals surface area (Å²) in [6, 6.07) is 19.0. The number of nitrogens with one attached hydrogen (secondary N) is 2. The van der Waals surface area contributed by atoms with Crippen LogP contribution in [0.4, 0.5) is 5.69 Å². The average Bonchev–Trinajstić information content (AvgIpc) is 3.35. The Labute approximate surface area is 197 Å². The Morgan fingerprint density at radius 2 is 1.91 bits per heavy atom. The highest BCUT2D eigenvalue weighted by atomic mass is 35.5. The molecular weight excluding hydrogens is 442 g/mol. The van der Waals surface area contributed by atoms with Crippen molar-refractivity contribution in [2.24, 2.45) is 5.92 Å². The molecule has 1 aliphatic heterocycles. The molecule has 0 bridgehead atoms. The van der Waals surface area contributed by atoms with E-state index in [0.29, 0.717) is 33.6 Å². The molecule has 2 amide bonds. The van der Waals surface area contributed by atoms with Crippen LogP contribution in [0.5, 0.6) is 0 Å². The SMILES string of the molecule is O=C(NCC1CCCN(Cc2ccccc2)C1)c1ccc(Cl)c(NC(=O)c2cccs2)c1. The van der Waals surface area contributed by atoms with Crippen LogP contribution in [0, 0.1) is 5.92 Å². The van der Waals surface area contributed by atoms with Crippen molar-refractivity contribution in [3.05, 3.63) is 87.1 Å². The van der Waals surface area contributed by atoms with Crippen LogP contribution in [0.2, 0.25) is 5.02 Å². The molecule has 1 fully saturated rings. The summed E-state index contributed by atoms with van der Waals surface area (Å²) < 4.78 is 0. The van der Waals surface area contributed by atoms with E-state index >= 15 is 0 Å². The van der Waals surface area contributed by atoms with Gasteiger partial charge in [-0.05, 0) is 60.5 Å². The summed E-state index contributed by atoms with van der Waals surface area (Å²) in [5.41, 5.74) is 2.23. The molecular formula is C25H26ClN3O2S. The predicted molar refractivity (Wildman–Crippen MR) is 131 cm³/mol. The lowest BCUT2D eigenvalue weighted by atomic mass is 9.97. The van der Waals surface area contributed by atoms with Crippen LogP contribution < -0.4 is 10.6 Å². The topological polar surface area (TPSA) is 61.4 Å². The van der Waals surface area contributed by atoms with Crippen LogP contribution in [-0.2, 0) is 6.54 Å². The molecule has 0 spiro atoms. The Bertz CT molecular complexity index is 1060. The van der Waals surface area contributed by atoms with E-state index in [1.807, 2.05) is 17.5 Å². The van der Waals surface area contributed by atoms with Gasteiger partial charge in [-0.15, -0.1) is 11.3 Å². The van der Waals surface area contributed by atoms with Crippen LogP contribution in [0.1, 0.15) is 38.4 Å². The van der Waals surface area contributed by atoms with E-state index in [1.165, 1.54) is 16.9 Å². The minimum absolute atomic E-state index is 0.159. The number of anilines is 1. The summed E-state index contributed by atoms with van der Waals surface area (Å²) in [5, 5.41) is 8.09. The van der Waals surface area contributed by atoms with Crippen molar-refractivity contribution >= 4 is 40.4 Å². The summed E-state index contributed by atoms with van der Waals surface area (Å²) in [7, 11) is 0. The van der Waals surface area contributed by atoms with Crippen molar-refractivity contribution < 1.29 is 9.59 Å². The third kappa shape index (κ3) is 5.97. The molecule has 1 unspecified atom stereocenters. The van der Waals surface area contributed by atoms with Crippen molar-refractivity contribution in [3.8, 4) is 0 Å². The van der Waals surface area contributed by atoms with Crippen LogP contribution in [0.15, 0.2) is 66.0 Å². The molecule has 2 heterocycles. The Kier molecular flexibility index (Phi) is 7.58. The highest BCUT2D eigenvalue weighted by molar-refractivity contribution is 7.12. The highest BCUT2D eigenvalue weighted by Crippen LogP contribution is 2.25. The van der Waals surface area contributed by atoms with E-state index in [9.17, 15) is 9.59 Å². The van der Waals surface area contributed by atoms with Gasteiger partial charge in [-0.3, -0.25) is 14.5 Å². The molecule has 1 saturated heterocycles. The fourth-order valence-electron chi connectivity index (χ4n) is 4.00. The first kappa shape index (κ1) is 22.5. The number of benzene rings is 2. The molecule has 2 aromatic carbocycles. The first-order valence-corrected chi connectivity index (χ1v) is 12.0. The number of hydrogen-bond donors (Lipinski definition) is 2. The molecule has 0 saturated carbocycles. The van der Waals surface area contributed by atoms with Gasteiger partial charge in [0.2, 0.25) is 0 Å². The van der Waals surface area contributed by atoms with Crippen LogP contribution in [-0.4, -0.2) is 36.3 Å². The van der Waals surface area contributed by atoms with Crippen LogP contribution in [0.25, 0.3) is 0 Å². The Balaban J connectivity index is 1.32. The summed E-state index contributed by atoms with van der Waals surface area (Å²) in [5.74, 6) is 0.0235. The lowest BCUT2D eigenvalue weighted by molar-refractivity contribution is 0.0929. The summed E-state index contributed by atoms with van der Waals surface area (Å²) in [6.45, 7) is 3.63. The molecule has 7 heteroatoms. The maximum absolute atomic E-state index is 12.8. The number of halogens is 1. The quantitative estimate of drug-likeness (QED) is 0.496. The third-order valence-corrected chi connectivity index (χ3v) is 6.82. The zero-order valence-corrected chi connectivity index (χ0v) is 19.3. The molecule has 3 aromatic rings. The van der Waals surface area contributed by atoms with Crippen molar-refractivity contribution in [1.82, 2.24) is 10.2 Å². The van der Waals surface area contributed by atoms with Gasteiger partial charge >= 0.3 is 0 Å². The number of thiophene rings is 1. The van der Waals surface area contributed by atoms with E-state index in [-0.39, 0.29) is 11.8 Å².